The predicted octanol–water partition coefficient (Wildman–Crippen LogP) is 4.07. The van der Waals surface area contributed by atoms with Crippen molar-refractivity contribution in [3.63, 3.8) is 0 Å². The van der Waals surface area contributed by atoms with Crippen molar-refractivity contribution in [1.29, 1.82) is 0 Å². The number of oxime groups is 1. The summed E-state index contributed by atoms with van der Waals surface area (Å²) in [6.07, 6.45) is -0.872. The number of aromatic hydroxyl groups is 1. The summed E-state index contributed by atoms with van der Waals surface area (Å²) in [6, 6.07) is 16.0. The van der Waals surface area contributed by atoms with Crippen molar-refractivity contribution in [2.24, 2.45) is 5.16 Å². The molecule has 0 amide bonds. The van der Waals surface area contributed by atoms with Crippen molar-refractivity contribution in [3.8, 4) is 28.7 Å². The van der Waals surface area contributed by atoms with Crippen LogP contribution in [0.15, 0.2) is 70.7 Å². The Morgan fingerprint density at radius 2 is 1.43 bits per heavy atom. The van der Waals surface area contributed by atoms with Crippen LogP contribution in [0.1, 0.15) is 23.1 Å². The van der Waals surface area contributed by atoms with Gasteiger partial charge in [0.1, 0.15) is 0 Å². The third-order valence-electron chi connectivity index (χ3n) is 5.73. The highest BCUT2D eigenvalue weighted by atomic mass is 32.2. The summed E-state index contributed by atoms with van der Waals surface area (Å²) >= 11 is 0. The number of sulfone groups is 1. The first-order valence-electron chi connectivity index (χ1n) is 10.6. The number of phenolic OH excluding ortho intramolecular Hbond substituents is 1. The maximum atomic E-state index is 13.6. The van der Waals surface area contributed by atoms with Gasteiger partial charge in [0.2, 0.25) is 15.6 Å². The first kappa shape index (κ1) is 24.2. The molecule has 1 N–H and O–H groups in total. The van der Waals surface area contributed by atoms with Crippen molar-refractivity contribution < 1.29 is 37.3 Å². The van der Waals surface area contributed by atoms with Gasteiger partial charge in [-0.2, -0.15) is 0 Å². The quantitative estimate of drug-likeness (QED) is 0.518. The van der Waals surface area contributed by atoms with Crippen LogP contribution in [-0.4, -0.2) is 47.0 Å². The normalized spacial score (nSPS) is 17.3. The summed E-state index contributed by atoms with van der Waals surface area (Å²) in [4.78, 5) is 5.78. The average Bonchev–Trinajstić information content (AvgIpc) is 3.34. The van der Waals surface area contributed by atoms with Gasteiger partial charge in [-0.15, -0.1) is 0 Å². The van der Waals surface area contributed by atoms with Crippen molar-refractivity contribution in [2.75, 3.05) is 28.4 Å². The standard InChI is InChI=1S/C25H25NO8S/c1-30-19-11-10-15(12-18(19)27)23-22(16-13-20(31-2)24(33-4)21(14-16)32-3)25(26-34-23)35(28,29)17-8-6-5-7-9-17/h5-14,22-23,27H,1-4H3/t22-,23-/m1/s1. The summed E-state index contributed by atoms with van der Waals surface area (Å²) in [7, 11) is 1.83. The number of hydrogen-bond donors (Lipinski definition) is 1. The van der Waals surface area contributed by atoms with Crippen LogP contribution in [0.4, 0.5) is 0 Å². The molecular formula is C25H25NO8S. The Hall–Kier alpha value is -3.92. The SMILES string of the molecule is COc1ccc([C@H]2ON=C(S(=O)(=O)c3ccccc3)[C@@H]2c2cc(OC)c(OC)c(OC)c2)cc1O. The minimum absolute atomic E-state index is 0.0815. The van der Waals surface area contributed by atoms with Crippen molar-refractivity contribution in [1.82, 2.24) is 0 Å². The van der Waals surface area contributed by atoms with Gasteiger partial charge < -0.3 is 28.9 Å². The predicted molar refractivity (Wildman–Crippen MR) is 128 cm³/mol. The Morgan fingerprint density at radius 1 is 0.800 bits per heavy atom. The second kappa shape index (κ2) is 9.75. The van der Waals surface area contributed by atoms with E-state index in [9.17, 15) is 13.5 Å². The molecule has 0 aliphatic carbocycles. The molecule has 4 rings (SSSR count). The molecule has 1 heterocycles. The zero-order valence-corrected chi connectivity index (χ0v) is 20.4. The fraction of sp³-hybridized carbons (Fsp3) is 0.240. The van der Waals surface area contributed by atoms with Gasteiger partial charge in [-0.25, -0.2) is 8.42 Å². The lowest BCUT2D eigenvalue weighted by atomic mass is 9.89. The Bertz CT molecular complexity index is 1330. The fourth-order valence-electron chi connectivity index (χ4n) is 4.03. The van der Waals surface area contributed by atoms with E-state index in [-0.39, 0.29) is 21.4 Å². The van der Waals surface area contributed by atoms with Gasteiger partial charge in [0.05, 0.1) is 39.3 Å². The summed E-state index contributed by atoms with van der Waals surface area (Å²) in [6.45, 7) is 0. The van der Waals surface area contributed by atoms with Gasteiger partial charge in [-0.1, -0.05) is 29.4 Å². The number of benzene rings is 3. The molecule has 0 fully saturated rings. The maximum Gasteiger partial charge on any atom is 0.224 e. The van der Waals surface area contributed by atoms with Gasteiger partial charge >= 0.3 is 0 Å². The van der Waals surface area contributed by atoms with Crippen molar-refractivity contribution in [2.45, 2.75) is 16.9 Å². The number of methoxy groups -OCH3 is 4. The molecule has 3 aromatic carbocycles. The summed E-state index contributed by atoms with van der Waals surface area (Å²) in [5.74, 6) is 0.330. The zero-order chi connectivity index (χ0) is 25.2. The van der Waals surface area contributed by atoms with Crippen LogP contribution < -0.4 is 18.9 Å². The molecule has 0 saturated heterocycles. The number of rotatable bonds is 7. The van der Waals surface area contributed by atoms with Gasteiger partial charge in [-0.3, -0.25) is 0 Å². The van der Waals surface area contributed by atoms with E-state index in [1.165, 1.54) is 46.6 Å². The summed E-state index contributed by atoms with van der Waals surface area (Å²) < 4.78 is 48.8. The number of hydrogen-bond acceptors (Lipinski definition) is 9. The van der Waals surface area contributed by atoms with Crippen LogP contribution in [0.2, 0.25) is 0 Å². The lowest BCUT2D eigenvalue weighted by molar-refractivity contribution is 0.0760. The maximum absolute atomic E-state index is 13.6. The molecule has 35 heavy (non-hydrogen) atoms. The zero-order valence-electron chi connectivity index (χ0n) is 19.6. The molecule has 1 aliphatic rings. The van der Waals surface area contributed by atoms with Gasteiger partial charge in [0.15, 0.2) is 34.1 Å². The van der Waals surface area contributed by atoms with E-state index in [1.54, 1.807) is 42.5 Å². The van der Waals surface area contributed by atoms with Crippen molar-refractivity contribution >= 4 is 14.9 Å². The molecule has 0 saturated carbocycles. The number of ether oxygens (including phenoxy) is 4. The fourth-order valence-corrected chi connectivity index (χ4v) is 5.52. The minimum atomic E-state index is -4.03. The lowest BCUT2D eigenvalue weighted by Gasteiger charge is -2.22. The molecule has 2 atom stereocenters. The Kier molecular flexibility index (Phi) is 6.74. The van der Waals surface area contributed by atoms with Gasteiger partial charge in [-0.05, 0) is 42.0 Å². The third-order valence-corrected chi connectivity index (χ3v) is 7.50. The van der Waals surface area contributed by atoms with E-state index < -0.39 is 21.9 Å². The van der Waals surface area contributed by atoms with E-state index in [0.717, 1.165) is 0 Å². The largest absolute Gasteiger partial charge is 0.504 e. The average molecular weight is 500 g/mol. The summed E-state index contributed by atoms with van der Waals surface area (Å²) in [5, 5.41) is 14.2. The molecule has 10 heteroatoms. The topological polar surface area (TPSA) is 113 Å². The van der Waals surface area contributed by atoms with Crippen LogP contribution in [0, 0.1) is 0 Å². The van der Waals surface area contributed by atoms with E-state index in [2.05, 4.69) is 5.16 Å². The minimum Gasteiger partial charge on any atom is -0.504 e. The van der Waals surface area contributed by atoms with E-state index in [4.69, 9.17) is 23.8 Å². The van der Waals surface area contributed by atoms with Crippen LogP contribution in [0.25, 0.3) is 0 Å². The molecule has 1 aliphatic heterocycles. The second-order valence-electron chi connectivity index (χ2n) is 7.64. The van der Waals surface area contributed by atoms with Crippen molar-refractivity contribution in [3.05, 3.63) is 71.8 Å². The van der Waals surface area contributed by atoms with Crippen LogP contribution >= 0.6 is 0 Å². The van der Waals surface area contributed by atoms with Crippen LogP contribution in [0.3, 0.4) is 0 Å². The van der Waals surface area contributed by atoms with E-state index in [0.29, 0.717) is 28.4 Å². The molecule has 0 radical (unpaired) electrons. The van der Waals surface area contributed by atoms with Gasteiger partial charge in [0.25, 0.3) is 0 Å². The monoisotopic (exact) mass is 499 g/mol. The molecule has 9 nitrogen and oxygen atoms in total. The highest BCUT2D eigenvalue weighted by molar-refractivity contribution is 8.06. The smallest absolute Gasteiger partial charge is 0.224 e. The van der Waals surface area contributed by atoms with E-state index in [1.807, 2.05) is 0 Å². The third kappa shape index (κ3) is 4.32. The molecule has 184 valence electrons. The Morgan fingerprint density at radius 3 is 1.97 bits per heavy atom. The van der Waals surface area contributed by atoms with Crippen LogP contribution in [0.5, 0.6) is 28.7 Å². The number of nitrogens with zero attached hydrogens (tertiary/aromatic N) is 1. The van der Waals surface area contributed by atoms with Crippen LogP contribution in [-0.2, 0) is 14.7 Å². The molecular weight excluding hydrogens is 474 g/mol. The first-order valence-corrected chi connectivity index (χ1v) is 12.0. The highest BCUT2D eigenvalue weighted by Crippen LogP contribution is 2.48. The Labute approximate surface area is 203 Å². The Balaban J connectivity index is 1.90. The van der Waals surface area contributed by atoms with E-state index >= 15 is 0 Å². The highest BCUT2D eigenvalue weighted by Gasteiger charge is 2.44. The molecule has 0 aromatic heterocycles. The molecule has 0 spiro atoms. The molecule has 3 aromatic rings. The van der Waals surface area contributed by atoms with Gasteiger partial charge in [0, 0.05) is 5.56 Å². The lowest BCUT2D eigenvalue weighted by Crippen LogP contribution is -2.23. The summed E-state index contributed by atoms with van der Waals surface area (Å²) in [5.41, 5.74) is 1.01. The molecule has 0 bridgehead atoms. The second-order valence-corrected chi connectivity index (χ2v) is 9.54. The molecule has 0 unspecified atom stereocenters. The number of phenols is 1. The first-order chi connectivity index (χ1) is 16.8.